The van der Waals surface area contributed by atoms with Crippen LogP contribution in [0.2, 0.25) is 0 Å². The number of esters is 1. The van der Waals surface area contributed by atoms with E-state index in [1.54, 1.807) is 0 Å². The Morgan fingerprint density at radius 2 is 2.43 bits per heavy atom. The molecular weight excluding hydrogens is 208 g/mol. The first-order valence-corrected chi connectivity index (χ1v) is 4.32. The molecule has 0 amide bonds. The van der Waals surface area contributed by atoms with Gasteiger partial charge >= 0.3 is 5.97 Å². The van der Waals surface area contributed by atoms with Crippen LogP contribution in [0.5, 0.6) is 0 Å². The van der Waals surface area contributed by atoms with E-state index in [0.717, 1.165) is 6.54 Å². The summed E-state index contributed by atoms with van der Waals surface area (Å²) in [6.45, 7) is 2.46. The summed E-state index contributed by atoms with van der Waals surface area (Å²) >= 11 is 0. The fourth-order valence-corrected chi connectivity index (χ4v) is 1.35. The second-order valence-electron chi connectivity index (χ2n) is 3.21. The zero-order valence-electron chi connectivity index (χ0n) is 8.25. The highest BCUT2D eigenvalue weighted by atomic mass is 35.5. The van der Waals surface area contributed by atoms with E-state index in [2.05, 4.69) is 5.32 Å². The average molecular weight is 225 g/mol. The Bertz CT molecular complexity index is 181. The lowest BCUT2D eigenvalue weighted by Crippen LogP contribution is -2.48. The summed E-state index contributed by atoms with van der Waals surface area (Å²) in [5, 5.41) is 3.10. The number of hydrogen-bond donors (Lipinski definition) is 2. The van der Waals surface area contributed by atoms with Gasteiger partial charge in [0, 0.05) is 19.6 Å². The molecule has 0 bridgehead atoms. The highest BCUT2D eigenvalue weighted by Gasteiger charge is 2.39. The van der Waals surface area contributed by atoms with Gasteiger partial charge in [-0.2, -0.15) is 0 Å². The maximum absolute atomic E-state index is 11.5. The van der Waals surface area contributed by atoms with Crippen molar-refractivity contribution in [1.82, 2.24) is 5.32 Å². The molecule has 0 aromatic heterocycles. The van der Waals surface area contributed by atoms with E-state index < -0.39 is 5.41 Å². The molecule has 84 valence electrons. The minimum Gasteiger partial charge on any atom is -0.468 e. The van der Waals surface area contributed by atoms with Crippen LogP contribution in [0.15, 0.2) is 0 Å². The van der Waals surface area contributed by atoms with E-state index in [1.807, 2.05) is 0 Å². The molecule has 14 heavy (non-hydrogen) atoms. The molecule has 0 aliphatic carbocycles. The van der Waals surface area contributed by atoms with Crippen LogP contribution in [0.25, 0.3) is 0 Å². The van der Waals surface area contributed by atoms with Crippen LogP contribution in [0, 0.1) is 5.41 Å². The Hall–Kier alpha value is -0.360. The molecule has 0 saturated carbocycles. The molecule has 1 saturated heterocycles. The fourth-order valence-electron chi connectivity index (χ4n) is 1.35. The van der Waals surface area contributed by atoms with Crippen LogP contribution in [0.3, 0.4) is 0 Å². The number of halogens is 1. The van der Waals surface area contributed by atoms with Gasteiger partial charge in [0.1, 0.15) is 5.41 Å². The SMILES string of the molecule is COC(=O)C1(CN)CNCCOC1.Cl. The molecule has 1 heterocycles. The highest BCUT2D eigenvalue weighted by Crippen LogP contribution is 2.18. The number of nitrogens with two attached hydrogens (primary N) is 1. The molecule has 0 spiro atoms. The van der Waals surface area contributed by atoms with Crippen LogP contribution in [0.4, 0.5) is 0 Å². The summed E-state index contributed by atoms with van der Waals surface area (Å²) in [6, 6.07) is 0. The Kier molecular flexibility index (Phi) is 6.03. The molecule has 1 unspecified atom stereocenters. The standard InChI is InChI=1S/C8H16N2O3.ClH/c1-12-7(11)8(4-9)5-10-2-3-13-6-8;/h10H,2-6,9H2,1H3;1H. The predicted molar refractivity (Wildman–Crippen MR) is 54.4 cm³/mol. The quantitative estimate of drug-likeness (QED) is 0.598. The number of nitrogens with one attached hydrogen (secondary N) is 1. The lowest BCUT2D eigenvalue weighted by Gasteiger charge is -2.26. The Labute approximate surface area is 89.7 Å². The van der Waals surface area contributed by atoms with Crippen molar-refractivity contribution >= 4 is 18.4 Å². The lowest BCUT2D eigenvalue weighted by atomic mass is 9.89. The summed E-state index contributed by atoms with van der Waals surface area (Å²) in [5.74, 6) is -0.301. The minimum absolute atomic E-state index is 0. The van der Waals surface area contributed by atoms with Crippen molar-refractivity contribution in [2.45, 2.75) is 0 Å². The summed E-state index contributed by atoms with van der Waals surface area (Å²) in [4.78, 5) is 11.5. The molecule has 6 heteroatoms. The van der Waals surface area contributed by atoms with Crippen molar-refractivity contribution < 1.29 is 14.3 Å². The van der Waals surface area contributed by atoms with Crippen molar-refractivity contribution in [3.05, 3.63) is 0 Å². The van der Waals surface area contributed by atoms with Gasteiger partial charge in [-0.15, -0.1) is 12.4 Å². The van der Waals surface area contributed by atoms with E-state index in [-0.39, 0.29) is 24.9 Å². The van der Waals surface area contributed by atoms with E-state index in [0.29, 0.717) is 19.8 Å². The second-order valence-corrected chi connectivity index (χ2v) is 3.21. The molecule has 0 radical (unpaired) electrons. The third-order valence-electron chi connectivity index (χ3n) is 2.27. The number of carbonyl (C=O) groups excluding carboxylic acids is 1. The van der Waals surface area contributed by atoms with Crippen LogP contribution >= 0.6 is 12.4 Å². The first-order valence-electron chi connectivity index (χ1n) is 4.32. The predicted octanol–water partition coefficient (Wildman–Crippen LogP) is -0.854. The average Bonchev–Trinajstić information content (AvgIpc) is 2.42. The van der Waals surface area contributed by atoms with Gasteiger partial charge in [0.2, 0.25) is 0 Å². The van der Waals surface area contributed by atoms with Crippen molar-refractivity contribution in [2.24, 2.45) is 11.1 Å². The topological polar surface area (TPSA) is 73.6 Å². The minimum atomic E-state index is -0.703. The Morgan fingerprint density at radius 1 is 1.71 bits per heavy atom. The summed E-state index contributed by atoms with van der Waals surface area (Å²) in [7, 11) is 1.37. The lowest BCUT2D eigenvalue weighted by molar-refractivity contribution is -0.154. The van der Waals surface area contributed by atoms with Crippen molar-refractivity contribution in [1.29, 1.82) is 0 Å². The molecule has 5 nitrogen and oxygen atoms in total. The molecule has 1 rings (SSSR count). The van der Waals surface area contributed by atoms with E-state index >= 15 is 0 Å². The van der Waals surface area contributed by atoms with Crippen molar-refractivity contribution in [3.8, 4) is 0 Å². The largest absolute Gasteiger partial charge is 0.468 e. The maximum Gasteiger partial charge on any atom is 0.316 e. The summed E-state index contributed by atoms with van der Waals surface area (Å²) in [6.07, 6.45) is 0. The second kappa shape index (κ2) is 6.19. The van der Waals surface area contributed by atoms with Gasteiger partial charge in [0.15, 0.2) is 0 Å². The molecule has 1 aliphatic heterocycles. The van der Waals surface area contributed by atoms with Gasteiger partial charge in [-0.3, -0.25) is 4.79 Å². The number of methoxy groups -OCH3 is 1. The molecule has 1 atom stereocenters. The van der Waals surface area contributed by atoms with Crippen LogP contribution < -0.4 is 11.1 Å². The van der Waals surface area contributed by atoms with Gasteiger partial charge in [0.25, 0.3) is 0 Å². The van der Waals surface area contributed by atoms with E-state index in [1.165, 1.54) is 7.11 Å². The number of hydrogen-bond acceptors (Lipinski definition) is 5. The van der Waals surface area contributed by atoms with Crippen molar-refractivity contribution in [2.75, 3.05) is 40.0 Å². The van der Waals surface area contributed by atoms with Crippen LogP contribution in [-0.2, 0) is 14.3 Å². The Morgan fingerprint density at radius 3 is 3.00 bits per heavy atom. The van der Waals surface area contributed by atoms with Gasteiger partial charge in [-0.25, -0.2) is 0 Å². The zero-order chi connectivity index (χ0) is 9.73. The molecular formula is C8H17ClN2O3. The van der Waals surface area contributed by atoms with E-state index in [4.69, 9.17) is 15.2 Å². The van der Waals surface area contributed by atoms with Crippen LogP contribution in [-0.4, -0.2) is 45.9 Å². The first-order chi connectivity index (χ1) is 6.25. The number of ether oxygens (including phenoxy) is 2. The molecule has 1 fully saturated rings. The van der Waals surface area contributed by atoms with Gasteiger partial charge in [-0.1, -0.05) is 0 Å². The van der Waals surface area contributed by atoms with Gasteiger partial charge in [-0.05, 0) is 0 Å². The molecule has 3 N–H and O–H groups in total. The number of carbonyl (C=O) groups is 1. The molecule has 0 aromatic rings. The van der Waals surface area contributed by atoms with Crippen LogP contribution in [0.1, 0.15) is 0 Å². The normalized spacial score (nSPS) is 27.3. The Balaban J connectivity index is 0.00000169. The maximum atomic E-state index is 11.5. The summed E-state index contributed by atoms with van der Waals surface area (Å²) in [5.41, 5.74) is 4.86. The fraction of sp³-hybridized carbons (Fsp3) is 0.875. The summed E-state index contributed by atoms with van der Waals surface area (Å²) < 4.78 is 9.98. The smallest absolute Gasteiger partial charge is 0.316 e. The highest BCUT2D eigenvalue weighted by molar-refractivity contribution is 5.85. The van der Waals surface area contributed by atoms with Crippen molar-refractivity contribution in [3.63, 3.8) is 0 Å². The monoisotopic (exact) mass is 224 g/mol. The van der Waals surface area contributed by atoms with E-state index in [9.17, 15) is 4.79 Å². The molecule has 1 aliphatic rings. The van der Waals surface area contributed by atoms with Gasteiger partial charge in [0.05, 0.1) is 20.3 Å². The number of rotatable bonds is 2. The third kappa shape index (κ3) is 2.81. The first kappa shape index (κ1) is 13.6. The third-order valence-corrected chi connectivity index (χ3v) is 2.27. The molecule has 0 aromatic carbocycles. The van der Waals surface area contributed by atoms with Gasteiger partial charge < -0.3 is 20.5 Å². The zero-order valence-corrected chi connectivity index (χ0v) is 9.06.